The Labute approximate surface area is 146 Å². The molecule has 1 atom stereocenters. The van der Waals surface area contributed by atoms with Crippen LogP contribution < -0.4 is 5.32 Å². The Hall–Kier alpha value is -1.59. The van der Waals surface area contributed by atoms with Crippen molar-refractivity contribution in [2.75, 3.05) is 5.75 Å². The van der Waals surface area contributed by atoms with E-state index in [0.29, 0.717) is 15.9 Å². The number of hydrogen-bond donors (Lipinski definition) is 1. The van der Waals surface area contributed by atoms with Gasteiger partial charge in [0.25, 0.3) is 0 Å². The topological polar surface area (TPSA) is 54.9 Å². The average Bonchev–Trinajstić information content (AvgIpc) is 2.51. The summed E-state index contributed by atoms with van der Waals surface area (Å²) in [6.45, 7) is 7.86. The van der Waals surface area contributed by atoms with Crippen molar-refractivity contribution < 1.29 is 4.79 Å². The Morgan fingerprint density at radius 3 is 2.30 bits per heavy atom. The number of hydrogen-bond acceptors (Lipinski definition) is 4. The Morgan fingerprint density at radius 2 is 1.74 bits per heavy atom. The maximum Gasteiger partial charge on any atom is 0.230 e. The van der Waals surface area contributed by atoms with Gasteiger partial charge in [-0.3, -0.25) is 4.79 Å². The molecule has 1 heterocycles. The molecule has 0 unspecified atom stereocenters. The second-order valence-electron chi connectivity index (χ2n) is 5.43. The summed E-state index contributed by atoms with van der Waals surface area (Å²) in [7, 11) is 0. The molecule has 1 amide bonds. The van der Waals surface area contributed by atoms with Gasteiger partial charge in [0, 0.05) is 16.4 Å². The molecular formula is C17H20ClN3OS. The van der Waals surface area contributed by atoms with Crippen molar-refractivity contribution in [3.05, 3.63) is 51.8 Å². The lowest BCUT2D eigenvalue weighted by atomic mass is 10.1. The largest absolute Gasteiger partial charge is 0.349 e. The molecule has 0 saturated carbocycles. The molecule has 122 valence electrons. The quantitative estimate of drug-likeness (QED) is 0.654. The molecule has 1 N–H and O–H groups in total. The highest BCUT2D eigenvalue weighted by molar-refractivity contribution is 7.99. The van der Waals surface area contributed by atoms with Crippen molar-refractivity contribution in [1.29, 1.82) is 0 Å². The zero-order valence-corrected chi connectivity index (χ0v) is 15.3. The minimum atomic E-state index is -0.0669. The standard InChI is InChI=1S/C17H20ClN3OS/c1-10-11(2)20-17(21-12(10)3)23-9-16(22)19-13(4)14-5-7-15(18)8-6-14/h5-8,13H,9H2,1-4H3,(H,19,22)/t13-/m1/s1. The Bertz CT molecular complexity index is 680. The number of benzene rings is 1. The fourth-order valence-electron chi connectivity index (χ4n) is 2.05. The molecule has 0 spiro atoms. The predicted octanol–water partition coefficient (Wildman–Crippen LogP) is 4.02. The maximum atomic E-state index is 12.1. The molecule has 23 heavy (non-hydrogen) atoms. The number of aromatic nitrogens is 2. The first-order valence-corrected chi connectivity index (χ1v) is 8.72. The summed E-state index contributed by atoms with van der Waals surface area (Å²) in [5, 5.41) is 4.29. The smallest absolute Gasteiger partial charge is 0.230 e. The highest BCUT2D eigenvalue weighted by Gasteiger charge is 2.12. The van der Waals surface area contributed by atoms with Gasteiger partial charge >= 0.3 is 0 Å². The van der Waals surface area contributed by atoms with Crippen LogP contribution in [0.4, 0.5) is 0 Å². The molecule has 0 fully saturated rings. The summed E-state index contributed by atoms with van der Waals surface area (Å²) in [6, 6.07) is 7.40. The monoisotopic (exact) mass is 349 g/mol. The van der Waals surface area contributed by atoms with Crippen molar-refractivity contribution in [3.63, 3.8) is 0 Å². The number of rotatable bonds is 5. The van der Waals surface area contributed by atoms with E-state index in [-0.39, 0.29) is 11.9 Å². The SMILES string of the molecule is Cc1nc(SCC(=O)N[C@H](C)c2ccc(Cl)cc2)nc(C)c1C. The van der Waals surface area contributed by atoms with Gasteiger partial charge < -0.3 is 5.32 Å². The number of nitrogens with one attached hydrogen (secondary N) is 1. The van der Waals surface area contributed by atoms with E-state index in [1.807, 2.05) is 52.0 Å². The minimum Gasteiger partial charge on any atom is -0.349 e. The van der Waals surface area contributed by atoms with Crippen molar-refractivity contribution >= 4 is 29.3 Å². The van der Waals surface area contributed by atoms with Crippen LogP contribution in [0.2, 0.25) is 5.02 Å². The highest BCUT2D eigenvalue weighted by atomic mass is 35.5. The van der Waals surface area contributed by atoms with Gasteiger partial charge in [0.05, 0.1) is 11.8 Å². The molecule has 0 radical (unpaired) electrons. The van der Waals surface area contributed by atoms with E-state index in [2.05, 4.69) is 15.3 Å². The average molecular weight is 350 g/mol. The Morgan fingerprint density at radius 1 is 1.17 bits per heavy atom. The number of amides is 1. The molecule has 1 aromatic heterocycles. The van der Waals surface area contributed by atoms with Crippen molar-refractivity contribution in [1.82, 2.24) is 15.3 Å². The van der Waals surface area contributed by atoms with Crippen LogP contribution >= 0.6 is 23.4 Å². The molecule has 0 aliphatic heterocycles. The lowest BCUT2D eigenvalue weighted by molar-refractivity contribution is -0.119. The predicted molar refractivity (Wildman–Crippen MR) is 95.0 cm³/mol. The summed E-state index contributed by atoms with van der Waals surface area (Å²) in [6.07, 6.45) is 0. The first kappa shape index (κ1) is 17.8. The normalized spacial score (nSPS) is 12.0. The van der Waals surface area contributed by atoms with E-state index in [0.717, 1.165) is 22.5 Å². The third-order valence-electron chi connectivity index (χ3n) is 3.69. The summed E-state index contributed by atoms with van der Waals surface area (Å²) >= 11 is 7.22. The molecule has 2 aromatic rings. The molecule has 0 aliphatic rings. The van der Waals surface area contributed by atoms with Crippen LogP contribution in [0.1, 0.15) is 35.5 Å². The Balaban J connectivity index is 1.91. The van der Waals surface area contributed by atoms with Crippen LogP contribution in [-0.4, -0.2) is 21.6 Å². The van der Waals surface area contributed by atoms with Gasteiger partial charge in [-0.25, -0.2) is 9.97 Å². The zero-order chi connectivity index (χ0) is 17.0. The molecule has 0 saturated heterocycles. The van der Waals surface area contributed by atoms with Crippen LogP contribution in [0.15, 0.2) is 29.4 Å². The van der Waals surface area contributed by atoms with E-state index >= 15 is 0 Å². The van der Waals surface area contributed by atoms with Crippen LogP contribution in [-0.2, 0) is 4.79 Å². The summed E-state index contributed by atoms with van der Waals surface area (Å²) in [5.41, 5.74) is 4.02. The number of halogens is 1. The molecule has 0 bridgehead atoms. The summed E-state index contributed by atoms with van der Waals surface area (Å²) in [5.74, 6) is 0.247. The lowest BCUT2D eigenvalue weighted by Crippen LogP contribution is -2.28. The highest BCUT2D eigenvalue weighted by Crippen LogP contribution is 2.19. The fraction of sp³-hybridized carbons (Fsp3) is 0.353. The lowest BCUT2D eigenvalue weighted by Gasteiger charge is -2.14. The van der Waals surface area contributed by atoms with Crippen LogP contribution in [0.5, 0.6) is 0 Å². The van der Waals surface area contributed by atoms with E-state index in [4.69, 9.17) is 11.6 Å². The van der Waals surface area contributed by atoms with Gasteiger partial charge in [-0.1, -0.05) is 35.5 Å². The molecule has 1 aromatic carbocycles. The first-order valence-electron chi connectivity index (χ1n) is 7.36. The van der Waals surface area contributed by atoms with E-state index in [1.54, 1.807) is 0 Å². The van der Waals surface area contributed by atoms with Gasteiger partial charge in [0.1, 0.15) is 0 Å². The van der Waals surface area contributed by atoms with Crippen LogP contribution in [0.3, 0.4) is 0 Å². The second kappa shape index (κ2) is 7.79. The van der Waals surface area contributed by atoms with Gasteiger partial charge in [-0.05, 0) is 51.0 Å². The van der Waals surface area contributed by atoms with E-state index < -0.39 is 0 Å². The number of thioether (sulfide) groups is 1. The van der Waals surface area contributed by atoms with Gasteiger partial charge in [-0.15, -0.1) is 0 Å². The molecule has 4 nitrogen and oxygen atoms in total. The van der Waals surface area contributed by atoms with Crippen molar-refractivity contribution in [3.8, 4) is 0 Å². The van der Waals surface area contributed by atoms with Gasteiger partial charge in [0.15, 0.2) is 5.16 Å². The first-order chi connectivity index (χ1) is 10.9. The van der Waals surface area contributed by atoms with Crippen molar-refractivity contribution in [2.45, 2.75) is 38.9 Å². The molecular weight excluding hydrogens is 330 g/mol. The third kappa shape index (κ3) is 4.94. The second-order valence-corrected chi connectivity index (χ2v) is 6.81. The van der Waals surface area contributed by atoms with Crippen LogP contribution in [0.25, 0.3) is 0 Å². The summed E-state index contributed by atoms with van der Waals surface area (Å²) < 4.78 is 0. The fourth-order valence-corrected chi connectivity index (χ4v) is 2.93. The molecule has 2 rings (SSSR count). The van der Waals surface area contributed by atoms with Gasteiger partial charge in [-0.2, -0.15) is 0 Å². The molecule has 0 aliphatic carbocycles. The number of carbonyl (C=O) groups excluding carboxylic acids is 1. The minimum absolute atomic E-state index is 0.0445. The molecule has 6 heteroatoms. The third-order valence-corrected chi connectivity index (χ3v) is 4.79. The van der Waals surface area contributed by atoms with Gasteiger partial charge in [0.2, 0.25) is 5.91 Å². The maximum absolute atomic E-state index is 12.1. The number of nitrogens with zero attached hydrogens (tertiary/aromatic N) is 2. The Kier molecular flexibility index (Phi) is 6.02. The number of aryl methyl sites for hydroxylation is 2. The zero-order valence-electron chi connectivity index (χ0n) is 13.7. The van der Waals surface area contributed by atoms with Crippen molar-refractivity contribution in [2.24, 2.45) is 0 Å². The summed E-state index contributed by atoms with van der Waals surface area (Å²) in [4.78, 5) is 20.9. The van der Waals surface area contributed by atoms with E-state index in [9.17, 15) is 4.79 Å². The van der Waals surface area contributed by atoms with E-state index in [1.165, 1.54) is 11.8 Å². The van der Waals surface area contributed by atoms with Crippen LogP contribution in [0, 0.1) is 20.8 Å². The number of carbonyl (C=O) groups is 1.